The molecule has 1 amide bonds. The fourth-order valence-electron chi connectivity index (χ4n) is 2.37. The number of thiazole rings is 1. The summed E-state index contributed by atoms with van der Waals surface area (Å²) in [6, 6.07) is 1.87. The van der Waals surface area contributed by atoms with E-state index in [1.165, 1.54) is 0 Å². The monoisotopic (exact) mass is 354 g/mol. The summed E-state index contributed by atoms with van der Waals surface area (Å²) in [7, 11) is 1.89. The minimum atomic E-state index is 0.0944. The lowest BCUT2D eigenvalue weighted by atomic mass is 10.3. The lowest BCUT2D eigenvalue weighted by Gasteiger charge is -2.34. The fraction of sp³-hybridized carbons (Fsp3) is 0.385. The molecule has 0 spiro atoms. The molecule has 0 radical (unpaired) electrons. The second-order valence-electron chi connectivity index (χ2n) is 4.75. The van der Waals surface area contributed by atoms with Gasteiger partial charge in [-0.2, -0.15) is 0 Å². The van der Waals surface area contributed by atoms with Gasteiger partial charge in [-0.3, -0.25) is 4.79 Å². The van der Waals surface area contributed by atoms with Crippen LogP contribution in [0.1, 0.15) is 10.5 Å². The normalized spacial score (nSPS) is 15.7. The van der Waals surface area contributed by atoms with Gasteiger partial charge in [-0.25, -0.2) is 4.98 Å². The summed E-state index contributed by atoms with van der Waals surface area (Å²) in [5, 5.41) is 3.02. The van der Waals surface area contributed by atoms with Crippen LogP contribution in [0.3, 0.4) is 0 Å². The molecular formula is C13H15BrN4OS. The fourth-order valence-corrected chi connectivity index (χ4v) is 3.59. The zero-order valence-corrected chi connectivity index (χ0v) is 13.5. The molecule has 1 saturated heterocycles. The summed E-state index contributed by atoms with van der Waals surface area (Å²) in [5.41, 5.74) is 0.722. The van der Waals surface area contributed by atoms with E-state index in [1.54, 1.807) is 11.3 Å². The zero-order chi connectivity index (χ0) is 14.1. The van der Waals surface area contributed by atoms with E-state index in [0.29, 0.717) is 0 Å². The number of amides is 1. The molecule has 0 aliphatic carbocycles. The van der Waals surface area contributed by atoms with Crippen molar-refractivity contribution in [2.75, 3.05) is 31.1 Å². The molecule has 1 fully saturated rings. The first-order valence-corrected chi connectivity index (χ1v) is 8.08. The number of aryl methyl sites for hydroxylation is 1. The van der Waals surface area contributed by atoms with Crippen LogP contribution in [0.4, 0.5) is 5.13 Å². The van der Waals surface area contributed by atoms with Crippen molar-refractivity contribution in [3.63, 3.8) is 0 Å². The van der Waals surface area contributed by atoms with Gasteiger partial charge < -0.3 is 14.4 Å². The number of piperazine rings is 1. The Balaban J connectivity index is 1.66. The molecule has 0 N–H and O–H groups in total. The van der Waals surface area contributed by atoms with Crippen LogP contribution in [-0.2, 0) is 7.05 Å². The van der Waals surface area contributed by atoms with Crippen LogP contribution in [0.2, 0.25) is 0 Å². The minimum Gasteiger partial charge on any atom is -0.345 e. The third kappa shape index (κ3) is 2.60. The lowest BCUT2D eigenvalue weighted by Crippen LogP contribution is -2.49. The van der Waals surface area contributed by atoms with Gasteiger partial charge in [0.25, 0.3) is 5.91 Å². The first-order chi connectivity index (χ1) is 9.65. The highest BCUT2D eigenvalue weighted by atomic mass is 79.9. The largest absolute Gasteiger partial charge is 0.345 e. The Morgan fingerprint density at radius 1 is 1.35 bits per heavy atom. The Labute approximate surface area is 130 Å². The van der Waals surface area contributed by atoms with Gasteiger partial charge in [0.2, 0.25) is 0 Å². The van der Waals surface area contributed by atoms with Gasteiger partial charge in [0.05, 0.1) is 0 Å². The van der Waals surface area contributed by atoms with Gasteiger partial charge in [-0.15, -0.1) is 11.3 Å². The molecule has 106 valence electrons. The van der Waals surface area contributed by atoms with E-state index in [-0.39, 0.29) is 5.91 Å². The second kappa shape index (κ2) is 5.57. The Hall–Kier alpha value is -1.34. The van der Waals surface area contributed by atoms with E-state index in [1.807, 2.05) is 40.4 Å². The number of nitrogens with zero attached hydrogens (tertiary/aromatic N) is 4. The van der Waals surface area contributed by atoms with E-state index in [4.69, 9.17) is 0 Å². The topological polar surface area (TPSA) is 41.4 Å². The molecule has 5 nitrogen and oxygen atoms in total. The maximum absolute atomic E-state index is 12.5. The summed E-state index contributed by atoms with van der Waals surface area (Å²) >= 11 is 5.05. The summed E-state index contributed by atoms with van der Waals surface area (Å²) in [6.07, 6.45) is 3.72. The number of anilines is 1. The average molecular weight is 355 g/mol. The van der Waals surface area contributed by atoms with E-state index in [2.05, 4.69) is 25.8 Å². The van der Waals surface area contributed by atoms with Gasteiger partial charge in [-0.05, 0) is 22.0 Å². The molecule has 2 aromatic heterocycles. The maximum atomic E-state index is 12.5. The number of carbonyl (C=O) groups is 1. The van der Waals surface area contributed by atoms with E-state index in [9.17, 15) is 4.79 Å². The van der Waals surface area contributed by atoms with Crippen LogP contribution in [0.15, 0.2) is 28.3 Å². The average Bonchev–Trinajstić information content (AvgIpc) is 3.08. The Bertz CT molecular complexity index is 602. The molecule has 0 bridgehead atoms. The van der Waals surface area contributed by atoms with Gasteiger partial charge in [-0.1, -0.05) is 0 Å². The molecule has 7 heteroatoms. The van der Waals surface area contributed by atoms with E-state index >= 15 is 0 Å². The van der Waals surface area contributed by atoms with Crippen LogP contribution < -0.4 is 4.90 Å². The maximum Gasteiger partial charge on any atom is 0.270 e. The van der Waals surface area contributed by atoms with Gasteiger partial charge in [0, 0.05) is 55.5 Å². The minimum absolute atomic E-state index is 0.0944. The molecule has 0 saturated carbocycles. The summed E-state index contributed by atoms with van der Waals surface area (Å²) < 4.78 is 2.80. The van der Waals surface area contributed by atoms with Crippen molar-refractivity contribution in [3.8, 4) is 0 Å². The second-order valence-corrected chi connectivity index (χ2v) is 6.54. The van der Waals surface area contributed by atoms with E-state index in [0.717, 1.165) is 41.5 Å². The molecule has 0 unspecified atom stereocenters. The number of hydrogen-bond acceptors (Lipinski definition) is 4. The highest BCUT2D eigenvalue weighted by molar-refractivity contribution is 9.10. The quantitative estimate of drug-likeness (QED) is 0.830. The molecule has 1 aliphatic rings. The predicted octanol–water partition coefficient (Wildman–Crippen LogP) is 2.21. The molecule has 0 aromatic carbocycles. The predicted molar refractivity (Wildman–Crippen MR) is 83.3 cm³/mol. The van der Waals surface area contributed by atoms with Crippen molar-refractivity contribution in [1.29, 1.82) is 0 Å². The van der Waals surface area contributed by atoms with Crippen LogP contribution in [0, 0.1) is 0 Å². The third-order valence-electron chi connectivity index (χ3n) is 3.45. The highest BCUT2D eigenvalue weighted by Gasteiger charge is 2.24. The Kier molecular flexibility index (Phi) is 3.80. The van der Waals surface area contributed by atoms with Crippen molar-refractivity contribution in [2.45, 2.75) is 0 Å². The van der Waals surface area contributed by atoms with Crippen LogP contribution in [-0.4, -0.2) is 46.5 Å². The van der Waals surface area contributed by atoms with Crippen LogP contribution >= 0.6 is 27.3 Å². The van der Waals surface area contributed by atoms with Crippen molar-refractivity contribution < 1.29 is 4.79 Å². The molecule has 0 atom stereocenters. The summed E-state index contributed by atoms with van der Waals surface area (Å²) in [6.45, 7) is 3.15. The smallest absolute Gasteiger partial charge is 0.270 e. The highest BCUT2D eigenvalue weighted by Crippen LogP contribution is 2.20. The number of carbonyl (C=O) groups excluding carboxylic acids is 1. The number of halogens is 1. The van der Waals surface area contributed by atoms with Crippen LogP contribution in [0.5, 0.6) is 0 Å². The Morgan fingerprint density at radius 3 is 2.65 bits per heavy atom. The number of aromatic nitrogens is 2. The molecular weight excluding hydrogens is 340 g/mol. The zero-order valence-electron chi connectivity index (χ0n) is 11.1. The van der Waals surface area contributed by atoms with Gasteiger partial charge in [0.15, 0.2) is 5.13 Å². The first kappa shape index (κ1) is 13.6. The van der Waals surface area contributed by atoms with Crippen molar-refractivity contribution in [2.24, 2.45) is 7.05 Å². The number of rotatable bonds is 2. The molecule has 3 heterocycles. The lowest BCUT2D eigenvalue weighted by molar-refractivity contribution is 0.0737. The van der Waals surface area contributed by atoms with Gasteiger partial charge in [0.1, 0.15) is 5.69 Å². The SMILES string of the molecule is Cn1cc(Br)cc1C(=O)N1CCN(c2nccs2)CC1. The summed E-state index contributed by atoms with van der Waals surface area (Å²) in [4.78, 5) is 20.9. The molecule has 1 aliphatic heterocycles. The Morgan fingerprint density at radius 2 is 2.10 bits per heavy atom. The molecule has 2 aromatic rings. The summed E-state index contributed by atoms with van der Waals surface area (Å²) in [5.74, 6) is 0.0944. The van der Waals surface area contributed by atoms with E-state index < -0.39 is 0 Å². The first-order valence-electron chi connectivity index (χ1n) is 6.41. The standard InChI is InChI=1S/C13H15BrN4OS/c1-16-9-10(14)8-11(16)12(19)17-3-5-18(6-4-17)13-15-2-7-20-13/h2,7-9H,3-6H2,1H3. The van der Waals surface area contributed by atoms with Crippen molar-refractivity contribution >= 4 is 38.3 Å². The van der Waals surface area contributed by atoms with Crippen molar-refractivity contribution in [3.05, 3.63) is 34.0 Å². The van der Waals surface area contributed by atoms with Crippen LogP contribution in [0.25, 0.3) is 0 Å². The van der Waals surface area contributed by atoms with Crippen molar-refractivity contribution in [1.82, 2.24) is 14.5 Å². The molecule has 3 rings (SSSR count). The third-order valence-corrected chi connectivity index (χ3v) is 4.71. The number of hydrogen-bond donors (Lipinski definition) is 0. The molecule has 20 heavy (non-hydrogen) atoms. The van der Waals surface area contributed by atoms with Gasteiger partial charge >= 0.3 is 0 Å².